The number of hydrogen-bond donors (Lipinski definition) is 0. The van der Waals surface area contributed by atoms with Crippen LogP contribution in [0, 0.1) is 0 Å². The quantitative estimate of drug-likeness (QED) is 0.487. The van der Waals surface area contributed by atoms with Crippen molar-refractivity contribution < 1.29 is 17.9 Å². The van der Waals surface area contributed by atoms with Crippen molar-refractivity contribution in [1.29, 1.82) is 0 Å². The Morgan fingerprint density at radius 1 is 1.10 bits per heavy atom. The van der Waals surface area contributed by atoms with Crippen molar-refractivity contribution in [2.24, 2.45) is 0 Å². The number of amides is 1. The van der Waals surface area contributed by atoms with Gasteiger partial charge in [0, 0.05) is 19.3 Å². The molecule has 31 heavy (non-hydrogen) atoms. The number of aromatic nitrogens is 1. The molecule has 3 aromatic rings. The molecule has 0 unspecified atom stereocenters. The standard InChI is InChI=1S/C22H27N3O4S2/c1-5-29-17-8-6-16(7-9-17)14-21(26)25(13-12-24(2)3)22-23-19-11-10-18(31(4,27)28)15-20(19)30-22/h6-11,15H,5,12-14H2,1-4H3. The fourth-order valence-corrected chi connectivity index (χ4v) is 4.78. The van der Waals surface area contributed by atoms with Crippen molar-refractivity contribution in [2.45, 2.75) is 18.2 Å². The van der Waals surface area contributed by atoms with Crippen LogP contribution < -0.4 is 9.64 Å². The minimum Gasteiger partial charge on any atom is -0.494 e. The molecule has 0 spiro atoms. The molecular weight excluding hydrogens is 434 g/mol. The van der Waals surface area contributed by atoms with E-state index in [2.05, 4.69) is 4.98 Å². The van der Waals surface area contributed by atoms with Crippen molar-refractivity contribution in [1.82, 2.24) is 9.88 Å². The van der Waals surface area contributed by atoms with E-state index in [-0.39, 0.29) is 17.2 Å². The van der Waals surface area contributed by atoms with Gasteiger partial charge >= 0.3 is 0 Å². The van der Waals surface area contributed by atoms with Gasteiger partial charge in [-0.2, -0.15) is 0 Å². The Bertz CT molecular complexity index is 1160. The summed E-state index contributed by atoms with van der Waals surface area (Å²) in [5.41, 5.74) is 1.57. The maximum atomic E-state index is 13.2. The Labute approximate surface area is 187 Å². The zero-order chi connectivity index (χ0) is 22.6. The molecule has 166 valence electrons. The molecule has 7 nitrogen and oxygen atoms in total. The lowest BCUT2D eigenvalue weighted by molar-refractivity contribution is -0.118. The number of likely N-dealkylation sites (N-methyl/N-ethyl adjacent to an activating group) is 1. The highest BCUT2D eigenvalue weighted by Gasteiger charge is 2.21. The Hall–Kier alpha value is -2.49. The van der Waals surface area contributed by atoms with Crippen LogP contribution in [0.1, 0.15) is 12.5 Å². The summed E-state index contributed by atoms with van der Waals surface area (Å²) in [6, 6.07) is 12.4. The zero-order valence-electron chi connectivity index (χ0n) is 18.2. The van der Waals surface area contributed by atoms with Crippen LogP contribution in [0.15, 0.2) is 47.4 Å². The molecule has 0 atom stereocenters. The molecule has 0 saturated carbocycles. The molecular formula is C22H27N3O4S2. The first-order chi connectivity index (χ1) is 14.7. The lowest BCUT2D eigenvalue weighted by atomic mass is 10.1. The highest BCUT2D eigenvalue weighted by molar-refractivity contribution is 7.90. The van der Waals surface area contributed by atoms with Gasteiger partial charge in [-0.3, -0.25) is 9.69 Å². The predicted molar refractivity (Wildman–Crippen MR) is 125 cm³/mol. The second kappa shape index (κ2) is 9.76. The number of hydrogen-bond acceptors (Lipinski definition) is 7. The fourth-order valence-electron chi connectivity index (χ4n) is 3.01. The Balaban J connectivity index is 1.88. The smallest absolute Gasteiger partial charge is 0.233 e. The first kappa shape index (κ1) is 23.2. The molecule has 2 aromatic carbocycles. The summed E-state index contributed by atoms with van der Waals surface area (Å²) in [6.45, 7) is 3.69. The summed E-state index contributed by atoms with van der Waals surface area (Å²) in [5.74, 6) is 0.712. The summed E-state index contributed by atoms with van der Waals surface area (Å²) < 4.78 is 30.0. The van der Waals surface area contributed by atoms with E-state index in [1.54, 1.807) is 23.1 Å². The molecule has 0 bridgehead atoms. The molecule has 1 heterocycles. The lowest BCUT2D eigenvalue weighted by Gasteiger charge is -2.22. The van der Waals surface area contributed by atoms with E-state index in [4.69, 9.17) is 4.74 Å². The van der Waals surface area contributed by atoms with Gasteiger partial charge in [-0.1, -0.05) is 23.5 Å². The number of rotatable bonds is 9. The van der Waals surface area contributed by atoms with E-state index in [1.807, 2.05) is 50.2 Å². The van der Waals surface area contributed by atoms with Gasteiger partial charge in [-0.15, -0.1) is 0 Å². The van der Waals surface area contributed by atoms with Crippen LogP contribution in [0.4, 0.5) is 5.13 Å². The van der Waals surface area contributed by atoms with Gasteiger partial charge in [0.05, 0.1) is 28.1 Å². The van der Waals surface area contributed by atoms with E-state index in [0.29, 0.717) is 30.3 Å². The third-order valence-electron chi connectivity index (χ3n) is 4.67. The molecule has 0 radical (unpaired) electrons. The number of benzene rings is 2. The third kappa shape index (κ3) is 6.03. The average Bonchev–Trinajstić information content (AvgIpc) is 3.12. The molecule has 0 N–H and O–H groups in total. The molecule has 1 amide bonds. The second-order valence-electron chi connectivity index (χ2n) is 7.50. The largest absolute Gasteiger partial charge is 0.494 e. The summed E-state index contributed by atoms with van der Waals surface area (Å²) in [4.78, 5) is 21.7. The van der Waals surface area contributed by atoms with E-state index in [9.17, 15) is 13.2 Å². The number of carbonyl (C=O) groups is 1. The fraction of sp³-hybridized carbons (Fsp3) is 0.364. The minimum atomic E-state index is -3.31. The number of thiazole rings is 1. The van der Waals surface area contributed by atoms with E-state index >= 15 is 0 Å². The number of nitrogens with zero attached hydrogens (tertiary/aromatic N) is 3. The molecule has 0 aliphatic heterocycles. The van der Waals surface area contributed by atoms with E-state index in [0.717, 1.165) is 16.0 Å². The van der Waals surface area contributed by atoms with Crippen LogP contribution >= 0.6 is 11.3 Å². The molecule has 1 aromatic heterocycles. The summed E-state index contributed by atoms with van der Waals surface area (Å²) in [7, 11) is 0.590. The predicted octanol–water partition coefficient (Wildman–Crippen LogP) is 3.24. The molecule has 3 rings (SSSR count). The maximum Gasteiger partial charge on any atom is 0.233 e. The first-order valence-electron chi connectivity index (χ1n) is 9.95. The Kier molecular flexibility index (Phi) is 7.30. The van der Waals surface area contributed by atoms with Crippen LogP contribution in [0.25, 0.3) is 10.2 Å². The van der Waals surface area contributed by atoms with Gasteiger partial charge in [0.15, 0.2) is 15.0 Å². The molecule has 0 fully saturated rings. The van der Waals surface area contributed by atoms with Gasteiger partial charge < -0.3 is 9.64 Å². The normalized spacial score (nSPS) is 11.8. The maximum absolute atomic E-state index is 13.2. The van der Waals surface area contributed by atoms with Gasteiger partial charge in [0.25, 0.3) is 0 Å². The summed E-state index contributed by atoms with van der Waals surface area (Å²) >= 11 is 1.33. The molecule has 0 aliphatic carbocycles. The van der Waals surface area contributed by atoms with Crippen molar-refractivity contribution >= 4 is 42.4 Å². The van der Waals surface area contributed by atoms with Gasteiger partial charge in [-0.05, 0) is 56.9 Å². The van der Waals surface area contributed by atoms with E-state index < -0.39 is 9.84 Å². The van der Waals surface area contributed by atoms with Crippen LogP contribution in [0.5, 0.6) is 5.75 Å². The van der Waals surface area contributed by atoms with Crippen molar-refractivity contribution in [3.05, 3.63) is 48.0 Å². The number of fused-ring (bicyclic) bond motifs is 1. The molecule has 0 aliphatic rings. The van der Waals surface area contributed by atoms with Gasteiger partial charge in [0.1, 0.15) is 5.75 Å². The molecule has 0 saturated heterocycles. The zero-order valence-corrected chi connectivity index (χ0v) is 19.8. The van der Waals surface area contributed by atoms with Crippen LogP contribution in [0.2, 0.25) is 0 Å². The van der Waals surface area contributed by atoms with Crippen molar-refractivity contribution in [3.8, 4) is 5.75 Å². The monoisotopic (exact) mass is 461 g/mol. The van der Waals surface area contributed by atoms with Crippen LogP contribution in [0.3, 0.4) is 0 Å². The SMILES string of the molecule is CCOc1ccc(CC(=O)N(CCN(C)C)c2nc3ccc(S(C)(=O)=O)cc3s2)cc1. The topological polar surface area (TPSA) is 79.8 Å². The van der Waals surface area contributed by atoms with Crippen molar-refractivity contribution in [3.63, 3.8) is 0 Å². The second-order valence-corrected chi connectivity index (χ2v) is 10.5. The van der Waals surface area contributed by atoms with Crippen LogP contribution in [-0.4, -0.2) is 64.3 Å². The third-order valence-corrected chi connectivity index (χ3v) is 6.82. The summed E-state index contributed by atoms with van der Waals surface area (Å²) in [5, 5.41) is 0.568. The summed E-state index contributed by atoms with van der Waals surface area (Å²) in [6.07, 6.45) is 1.42. The number of carbonyl (C=O) groups excluding carboxylic acids is 1. The number of sulfone groups is 1. The highest BCUT2D eigenvalue weighted by Crippen LogP contribution is 2.31. The van der Waals surface area contributed by atoms with Crippen LogP contribution in [-0.2, 0) is 21.1 Å². The van der Waals surface area contributed by atoms with Gasteiger partial charge in [0.2, 0.25) is 5.91 Å². The van der Waals surface area contributed by atoms with Gasteiger partial charge in [-0.25, -0.2) is 13.4 Å². The Morgan fingerprint density at radius 2 is 1.81 bits per heavy atom. The minimum absolute atomic E-state index is 0.0617. The van der Waals surface area contributed by atoms with Crippen molar-refractivity contribution in [2.75, 3.05) is 44.9 Å². The average molecular weight is 462 g/mol. The number of anilines is 1. The van der Waals surface area contributed by atoms with E-state index in [1.165, 1.54) is 17.6 Å². The Morgan fingerprint density at radius 3 is 2.42 bits per heavy atom. The number of ether oxygens (including phenoxy) is 1. The highest BCUT2D eigenvalue weighted by atomic mass is 32.2. The lowest BCUT2D eigenvalue weighted by Crippen LogP contribution is -2.37. The molecule has 9 heteroatoms. The first-order valence-corrected chi connectivity index (χ1v) is 12.7.